The highest BCUT2D eigenvalue weighted by molar-refractivity contribution is 4.93. The van der Waals surface area contributed by atoms with Crippen molar-refractivity contribution in [1.82, 2.24) is 16.0 Å². The minimum atomic E-state index is 0.0931. The summed E-state index contributed by atoms with van der Waals surface area (Å²) in [5.41, 5.74) is 0. The first-order valence-electron chi connectivity index (χ1n) is 4.26. The zero-order valence-corrected chi connectivity index (χ0v) is 6.51. The van der Waals surface area contributed by atoms with Gasteiger partial charge in [-0.15, -0.1) is 0 Å². The molecule has 2 fully saturated rings. The second-order valence-electron chi connectivity index (χ2n) is 3.25. The molecular formula is C7H15N3O. The molecule has 2 saturated heterocycles. The van der Waals surface area contributed by atoms with Crippen molar-refractivity contribution >= 4 is 0 Å². The number of nitrogens with one attached hydrogen (secondary N) is 3. The molecule has 4 heteroatoms. The van der Waals surface area contributed by atoms with Crippen molar-refractivity contribution < 1.29 is 5.11 Å². The Hall–Kier alpha value is -0.160. The van der Waals surface area contributed by atoms with Gasteiger partial charge in [0, 0.05) is 6.04 Å². The maximum atomic E-state index is 8.86. The van der Waals surface area contributed by atoms with Crippen LogP contribution in [0.3, 0.4) is 0 Å². The summed E-state index contributed by atoms with van der Waals surface area (Å²) < 4.78 is 0. The monoisotopic (exact) mass is 157 g/mol. The Morgan fingerprint density at radius 3 is 3.00 bits per heavy atom. The van der Waals surface area contributed by atoms with Crippen LogP contribution in [0.1, 0.15) is 12.8 Å². The molecule has 4 N–H and O–H groups in total. The Kier molecular flexibility index (Phi) is 2.09. The smallest absolute Gasteiger partial charge is 0.0825 e. The summed E-state index contributed by atoms with van der Waals surface area (Å²) in [5, 5.41) is 18.8. The summed E-state index contributed by atoms with van der Waals surface area (Å²) in [7, 11) is 0. The molecule has 0 bridgehead atoms. The number of hydrogen-bond donors (Lipinski definition) is 4. The van der Waals surface area contributed by atoms with Crippen molar-refractivity contribution in [2.75, 3.05) is 13.2 Å². The molecule has 0 aromatic carbocycles. The van der Waals surface area contributed by atoms with Gasteiger partial charge in [-0.1, -0.05) is 0 Å². The standard InChI is InChI=1S/C7H15N3O/c11-4-6-9-5-2-1-3-8-7(5)10-6/h5-11H,1-4H2. The predicted molar refractivity (Wildman–Crippen MR) is 42.0 cm³/mol. The van der Waals surface area contributed by atoms with Gasteiger partial charge in [0.25, 0.3) is 0 Å². The van der Waals surface area contributed by atoms with Gasteiger partial charge in [-0.2, -0.15) is 0 Å². The molecule has 0 aliphatic carbocycles. The third-order valence-corrected chi connectivity index (χ3v) is 2.44. The highest BCUT2D eigenvalue weighted by atomic mass is 16.3. The summed E-state index contributed by atoms with van der Waals surface area (Å²) in [6.45, 7) is 1.27. The Morgan fingerprint density at radius 1 is 1.36 bits per heavy atom. The van der Waals surface area contributed by atoms with E-state index in [2.05, 4.69) is 16.0 Å². The van der Waals surface area contributed by atoms with Crippen molar-refractivity contribution in [3.63, 3.8) is 0 Å². The molecule has 64 valence electrons. The van der Waals surface area contributed by atoms with E-state index in [-0.39, 0.29) is 12.8 Å². The Bertz CT molecular complexity index is 128. The van der Waals surface area contributed by atoms with Crippen LogP contribution < -0.4 is 16.0 Å². The summed E-state index contributed by atoms with van der Waals surface area (Å²) in [6, 6.07) is 0.515. The first-order chi connectivity index (χ1) is 5.40. The third kappa shape index (κ3) is 1.39. The summed E-state index contributed by atoms with van der Waals surface area (Å²) in [6.07, 6.45) is 2.91. The van der Waals surface area contributed by atoms with Gasteiger partial charge in [-0.05, 0) is 19.4 Å². The molecule has 0 spiro atoms. The lowest BCUT2D eigenvalue weighted by molar-refractivity contribution is 0.238. The van der Waals surface area contributed by atoms with E-state index in [4.69, 9.17) is 5.11 Å². The lowest BCUT2D eigenvalue weighted by Gasteiger charge is -2.25. The van der Waals surface area contributed by atoms with Crippen LogP contribution in [0, 0.1) is 0 Å². The van der Waals surface area contributed by atoms with E-state index in [9.17, 15) is 0 Å². The number of aliphatic hydroxyl groups excluding tert-OH is 1. The average Bonchev–Trinajstić information content (AvgIpc) is 2.46. The van der Waals surface area contributed by atoms with Crippen LogP contribution in [-0.4, -0.2) is 36.6 Å². The maximum Gasteiger partial charge on any atom is 0.0825 e. The summed E-state index contributed by atoms with van der Waals surface area (Å²) in [5.74, 6) is 0. The van der Waals surface area contributed by atoms with Gasteiger partial charge in [-0.3, -0.25) is 10.6 Å². The van der Waals surface area contributed by atoms with Crippen molar-refractivity contribution in [2.45, 2.75) is 31.2 Å². The fourth-order valence-corrected chi connectivity index (χ4v) is 1.87. The lowest BCUT2D eigenvalue weighted by atomic mass is 10.1. The molecule has 11 heavy (non-hydrogen) atoms. The van der Waals surface area contributed by atoms with Crippen molar-refractivity contribution in [2.24, 2.45) is 0 Å². The quantitative estimate of drug-likeness (QED) is 0.377. The van der Waals surface area contributed by atoms with Crippen LogP contribution >= 0.6 is 0 Å². The van der Waals surface area contributed by atoms with Crippen LogP contribution in [0.5, 0.6) is 0 Å². The molecule has 0 saturated carbocycles. The van der Waals surface area contributed by atoms with Crippen molar-refractivity contribution in [3.8, 4) is 0 Å². The van der Waals surface area contributed by atoms with Crippen LogP contribution in [-0.2, 0) is 0 Å². The number of fused-ring (bicyclic) bond motifs is 1. The van der Waals surface area contributed by atoms with Crippen LogP contribution in [0.4, 0.5) is 0 Å². The molecule has 2 heterocycles. The Morgan fingerprint density at radius 2 is 2.27 bits per heavy atom. The molecule has 2 aliphatic rings. The molecule has 0 aromatic rings. The maximum absolute atomic E-state index is 8.86. The van der Waals surface area contributed by atoms with E-state index < -0.39 is 0 Å². The molecular weight excluding hydrogens is 142 g/mol. The van der Waals surface area contributed by atoms with Crippen molar-refractivity contribution in [1.29, 1.82) is 0 Å². The van der Waals surface area contributed by atoms with E-state index in [1.807, 2.05) is 0 Å². The van der Waals surface area contributed by atoms with Gasteiger partial charge < -0.3 is 10.4 Å². The SMILES string of the molecule is OCC1NC2CCCNC2N1. The molecule has 0 aromatic heterocycles. The largest absolute Gasteiger partial charge is 0.393 e. The fraction of sp³-hybridized carbons (Fsp3) is 1.00. The molecule has 2 aliphatic heterocycles. The topological polar surface area (TPSA) is 56.3 Å². The van der Waals surface area contributed by atoms with Gasteiger partial charge in [0.05, 0.1) is 18.9 Å². The van der Waals surface area contributed by atoms with Gasteiger partial charge in [-0.25, -0.2) is 0 Å². The van der Waals surface area contributed by atoms with Gasteiger partial charge in [0.15, 0.2) is 0 Å². The van der Waals surface area contributed by atoms with Crippen molar-refractivity contribution in [3.05, 3.63) is 0 Å². The first-order valence-corrected chi connectivity index (χ1v) is 4.26. The molecule has 3 unspecified atom stereocenters. The van der Waals surface area contributed by atoms with Gasteiger partial charge in [0.2, 0.25) is 0 Å². The molecule has 3 atom stereocenters. The fourth-order valence-electron chi connectivity index (χ4n) is 1.87. The molecule has 0 radical (unpaired) electrons. The minimum absolute atomic E-state index is 0.0931. The van der Waals surface area contributed by atoms with Gasteiger partial charge >= 0.3 is 0 Å². The molecule has 2 rings (SSSR count). The van der Waals surface area contributed by atoms with E-state index in [0.29, 0.717) is 12.2 Å². The Labute approximate surface area is 66.4 Å². The zero-order valence-electron chi connectivity index (χ0n) is 6.51. The number of piperidine rings is 1. The number of aliphatic hydroxyl groups is 1. The second-order valence-corrected chi connectivity index (χ2v) is 3.25. The zero-order chi connectivity index (χ0) is 7.68. The lowest BCUT2D eigenvalue weighted by Crippen LogP contribution is -2.49. The number of rotatable bonds is 1. The normalized spacial score (nSPS) is 43.9. The average molecular weight is 157 g/mol. The highest BCUT2D eigenvalue weighted by Gasteiger charge is 2.33. The van der Waals surface area contributed by atoms with E-state index in [1.165, 1.54) is 12.8 Å². The number of hydrogen-bond acceptors (Lipinski definition) is 4. The van der Waals surface area contributed by atoms with Crippen LogP contribution in [0.15, 0.2) is 0 Å². The van der Waals surface area contributed by atoms with E-state index in [1.54, 1.807) is 0 Å². The highest BCUT2D eigenvalue weighted by Crippen LogP contribution is 2.12. The second kappa shape index (κ2) is 3.06. The van der Waals surface area contributed by atoms with E-state index in [0.717, 1.165) is 6.54 Å². The first kappa shape index (κ1) is 7.49. The van der Waals surface area contributed by atoms with Crippen LogP contribution in [0.25, 0.3) is 0 Å². The summed E-state index contributed by atoms with van der Waals surface area (Å²) in [4.78, 5) is 0. The summed E-state index contributed by atoms with van der Waals surface area (Å²) >= 11 is 0. The minimum Gasteiger partial charge on any atom is -0.393 e. The van der Waals surface area contributed by atoms with E-state index >= 15 is 0 Å². The van der Waals surface area contributed by atoms with Gasteiger partial charge in [0.1, 0.15) is 0 Å². The predicted octanol–water partition coefficient (Wildman–Crippen LogP) is -1.42. The Balaban J connectivity index is 1.92. The molecule has 0 amide bonds. The van der Waals surface area contributed by atoms with Crippen LogP contribution in [0.2, 0.25) is 0 Å². The third-order valence-electron chi connectivity index (χ3n) is 2.44. The molecule has 4 nitrogen and oxygen atoms in total.